The Labute approximate surface area is 136 Å². The Hall–Kier alpha value is -1.26. The van der Waals surface area contributed by atoms with Crippen molar-refractivity contribution in [3.8, 4) is 5.75 Å². The normalized spacial score (nSPS) is 21.3. The van der Waals surface area contributed by atoms with E-state index in [1.54, 1.807) is 0 Å². The van der Waals surface area contributed by atoms with Gasteiger partial charge < -0.3 is 15.0 Å². The van der Waals surface area contributed by atoms with E-state index in [2.05, 4.69) is 12.2 Å². The lowest BCUT2D eigenvalue weighted by molar-refractivity contribution is -0.141. The number of nitrogens with zero attached hydrogens (tertiary/aromatic N) is 1. The molecule has 3 rings (SSSR count). The van der Waals surface area contributed by atoms with Crippen molar-refractivity contribution in [1.29, 1.82) is 0 Å². The predicted octanol–water partition coefficient (Wildman–Crippen LogP) is 2.63. The topological polar surface area (TPSA) is 41.6 Å². The van der Waals surface area contributed by atoms with Crippen LogP contribution in [0.2, 0.25) is 5.02 Å². The predicted molar refractivity (Wildman–Crippen MR) is 87.5 cm³/mol. The van der Waals surface area contributed by atoms with Gasteiger partial charge in [-0.25, -0.2) is 0 Å². The van der Waals surface area contributed by atoms with E-state index < -0.39 is 6.10 Å². The maximum atomic E-state index is 12.9. The number of halogens is 1. The lowest BCUT2D eigenvalue weighted by atomic mass is 10.0. The molecule has 2 aliphatic heterocycles. The highest BCUT2D eigenvalue weighted by Crippen LogP contribution is 2.32. The molecular formula is C17H23ClN2O2. The fourth-order valence-corrected chi connectivity index (χ4v) is 3.57. The molecule has 2 heterocycles. The van der Waals surface area contributed by atoms with E-state index in [4.69, 9.17) is 16.3 Å². The van der Waals surface area contributed by atoms with Gasteiger partial charge in [0, 0.05) is 24.0 Å². The third-order valence-corrected chi connectivity index (χ3v) is 4.70. The monoisotopic (exact) mass is 322 g/mol. The number of carbonyl (C=O) groups is 1. The molecule has 1 saturated heterocycles. The summed E-state index contributed by atoms with van der Waals surface area (Å²) in [6, 6.07) is 5.91. The number of nitrogens with one attached hydrogen (secondary N) is 1. The van der Waals surface area contributed by atoms with Gasteiger partial charge in [0.1, 0.15) is 5.75 Å². The average molecular weight is 323 g/mol. The molecule has 1 N–H and O–H groups in total. The first-order valence-electron chi connectivity index (χ1n) is 8.15. The average Bonchev–Trinajstić information content (AvgIpc) is 2.96. The Bertz CT molecular complexity index is 543. The number of amides is 1. The molecule has 0 radical (unpaired) electrons. The van der Waals surface area contributed by atoms with Crippen molar-refractivity contribution in [2.45, 2.75) is 44.8 Å². The van der Waals surface area contributed by atoms with E-state index in [0.29, 0.717) is 17.5 Å². The summed E-state index contributed by atoms with van der Waals surface area (Å²) < 4.78 is 5.88. The number of fused-ring (bicyclic) bond motifs is 1. The highest BCUT2D eigenvalue weighted by atomic mass is 35.5. The van der Waals surface area contributed by atoms with E-state index in [1.807, 2.05) is 23.1 Å². The van der Waals surface area contributed by atoms with Gasteiger partial charge in [0.2, 0.25) is 0 Å². The Balaban J connectivity index is 1.71. The quantitative estimate of drug-likeness (QED) is 0.926. The van der Waals surface area contributed by atoms with Gasteiger partial charge in [-0.2, -0.15) is 0 Å². The Morgan fingerprint density at radius 2 is 2.18 bits per heavy atom. The van der Waals surface area contributed by atoms with Gasteiger partial charge in [0.05, 0.1) is 0 Å². The summed E-state index contributed by atoms with van der Waals surface area (Å²) in [5.41, 5.74) is 1.03. The van der Waals surface area contributed by atoms with Gasteiger partial charge in [0.15, 0.2) is 6.10 Å². The van der Waals surface area contributed by atoms with Gasteiger partial charge in [-0.1, -0.05) is 18.5 Å². The zero-order valence-electron chi connectivity index (χ0n) is 13.0. The fourth-order valence-electron chi connectivity index (χ4n) is 3.37. The second kappa shape index (κ2) is 6.88. The molecule has 2 aliphatic rings. The van der Waals surface area contributed by atoms with E-state index in [0.717, 1.165) is 50.2 Å². The van der Waals surface area contributed by atoms with Crippen molar-refractivity contribution >= 4 is 17.5 Å². The maximum absolute atomic E-state index is 12.9. The number of ether oxygens (including phenoxy) is 1. The lowest BCUT2D eigenvalue weighted by Crippen LogP contribution is -2.50. The van der Waals surface area contributed by atoms with Crippen LogP contribution < -0.4 is 10.1 Å². The second-order valence-corrected chi connectivity index (χ2v) is 6.51. The molecule has 1 amide bonds. The van der Waals surface area contributed by atoms with Crippen LogP contribution in [-0.2, 0) is 11.2 Å². The summed E-state index contributed by atoms with van der Waals surface area (Å²) >= 11 is 6.03. The van der Waals surface area contributed by atoms with Crippen molar-refractivity contribution in [3.05, 3.63) is 28.8 Å². The van der Waals surface area contributed by atoms with Crippen LogP contribution >= 0.6 is 11.6 Å². The summed E-state index contributed by atoms with van der Waals surface area (Å²) in [4.78, 5) is 15.0. The van der Waals surface area contributed by atoms with Crippen LogP contribution in [0.25, 0.3) is 0 Å². The van der Waals surface area contributed by atoms with Gasteiger partial charge in [-0.05, 0) is 56.1 Å². The largest absolute Gasteiger partial charge is 0.480 e. The summed E-state index contributed by atoms with van der Waals surface area (Å²) in [6.45, 7) is 4.89. The first-order chi connectivity index (χ1) is 10.7. The van der Waals surface area contributed by atoms with Crippen LogP contribution in [-0.4, -0.2) is 42.6 Å². The summed E-state index contributed by atoms with van der Waals surface area (Å²) in [5.74, 6) is 0.922. The summed E-state index contributed by atoms with van der Waals surface area (Å²) in [5, 5.41) is 4.05. The molecular weight excluding hydrogens is 300 g/mol. The third kappa shape index (κ3) is 3.23. The molecule has 120 valence electrons. The van der Waals surface area contributed by atoms with E-state index in [9.17, 15) is 4.79 Å². The van der Waals surface area contributed by atoms with E-state index in [-0.39, 0.29) is 5.91 Å². The molecule has 0 aromatic heterocycles. The minimum Gasteiger partial charge on any atom is -0.480 e. The maximum Gasteiger partial charge on any atom is 0.264 e. The van der Waals surface area contributed by atoms with Gasteiger partial charge in [-0.3, -0.25) is 4.79 Å². The molecule has 5 heteroatoms. The van der Waals surface area contributed by atoms with Crippen LogP contribution in [0.15, 0.2) is 18.2 Å². The molecule has 1 aromatic carbocycles. The molecule has 1 unspecified atom stereocenters. The Kier molecular flexibility index (Phi) is 4.89. The van der Waals surface area contributed by atoms with Crippen molar-refractivity contribution < 1.29 is 9.53 Å². The van der Waals surface area contributed by atoms with Crippen LogP contribution in [0.1, 0.15) is 31.7 Å². The number of rotatable bonds is 4. The van der Waals surface area contributed by atoms with Crippen LogP contribution in [0.5, 0.6) is 5.75 Å². The number of benzene rings is 1. The molecule has 4 nitrogen and oxygen atoms in total. The number of hydrogen-bond acceptors (Lipinski definition) is 3. The summed E-state index contributed by atoms with van der Waals surface area (Å²) in [6.07, 6.45) is 3.25. The van der Waals surface area contributed by atoms with Crippen LogP contribution in [0, 0.1) is 0 Å². The Morgan fingerprint density at radius 1 is 1.41 bits per heavy atom. The standard InChI is InChI=1S/C17H23ClN2O2/c1-2-9-20(14-5-7-19-8-6-14)17(21)16-11-12-10-13(18)3-4-15(12)22-16/h3-4,10,14,16,19H,2,5-9,11H2,1H3. The highest BCUT2D eigenvalue weighted by molar-refractivity contribution is 6.30. The van der Waals surface area contributed by atoms with Gasteiger partial charge in [0.25, 0.3) is 5.91 Å². The first kappa shape index (κ1) is 15.6. The second-order valence-electron chi connectivity index (χ2n) is 6.08. The highest BCUT2D eigenvalue weighted by Gasteiger charge is 2.35. The lowest BCUT2D eigenvalue weighted by Gasteiger charge is -2.35. The molecule has 0 bridgehead atoms. The molecule has 0 spiro atoms. The molecule has 22 heavy (non-hydrogen) atoms. The van der Waals surface area contributed by atoms with Crippen LogP contribution in [0.4, 0.5) is 0 Å². The van der Waals surface area contributed by atoms with Crippen LogP contribution in [0.3, 0.4) is 0 Å². The van der Waals surface area contributed by atoms with Crippen molar-refractivity contribution in [3.63, 3.8) is 0 Å². The molecule has 0 saturated carbocycles. The SMILES string of the molecule is CCCN(C(=O)C1Cc2cc(Cl)ccc2O1)C1CCNCC1. The van der Waals surface area contributed by atoms with Crippen molar-refractivity contribution in [1.82, 2.24) is 10.2 Å². The van der Waals surface area contributed by atoms with Crippen molar-refractivity contribution in [2.75, 3.05) is 19.6 Å². The number of carbonyl (C=O) groups excluding carboxylic acids is 1. The summed E-state index contributed by atoms with van der Waals surface area (Å²) in [7, 11) is 0. The molecule has 1 fully saturated rings. The smallest absolute Gasteiger partial charge is 0.264 e. The van der Waals surface area contributed by atoms with Gasteiger partial charge in [-0.15, -0.1) is 0 Å². The molecule has 1 atom stereocenters. The molecule has 0 aliphatic carbocycles. The zero-order chi connectivity index (χ0) is 15.5. The first-order valence-corrected chi connectivity index (χ1v) is 8.53. The van der Waals surface area contributed by atoms with E-state index >= 15 is 0 Å². The Morgan fingerprint density at radius 3 is 2.91 bits per heavy atom. The molecule has 1 aromatic rings. The zero-order valence-corrected chi connectivity index (χ0v) is 13.7. The fraction of sp³-hybridized carbons (Fsp3) is 0.588. The van der Waals surface area contributed by atoms with Crippen molar-refractivity contribution in [2.24, 2.45) is 0 Å². The van der Waals surface area contributed by atoms with E-state index in [1.165, 1.54) is 0 Å². The minimum atomic E-state index is -0.394. The third-order valence-electron chi connectivity index (χ3n) is 4.47. The number of piperidine rings is 1. The number of hydrogen-bond donors (Lipinski definition) is 1. The van der Waals surface area contributed by atoms with Gasteiger partial charge >= 0.3 is 0 Å². The minimum absolute atomic E-state index is 0.126.